The molecule has 0 radical (unpaired) electrons. The summed E-state index contributed by atoms with van der Waals surface area (Å²) >= 11 is 0. The van der Waals surface area contributed by atoms with Crippen LogP contribution in [0.1, 0.15) is 67.5 Å². The van der Waals surface area contributed by atoms with Crippen molar-refractivity contribution < 1.29 is 14.1 Å². The van der Waals surface area contributed by atoms with E-state index in [0.717, 1.165) is 74.1 Å². The standard InChI is InChI=1S/C24H30N4O3/c1-16(2)22-26-21(27-31-22)14-17-7-13-30-24(15-17)8-11-28(12-9-24)23(29)19-4-3-5-20-18(19)6-10-25-20/h3-6,10,16-17,25H,7-9,11-15H2,1-2H3. The van der Waals surface area contributed by atoms with Gasteiger partial charge in [0.25, 0.3) is 5.91 Å². The lowest BCUT2D eigenvalue weighted by Gasteiger charge is -2.46. The first-order valence-electron chi connectivity index (χ1n) is 11.3. The molecule has 1 amide bonds. The fourth-order valence-corrected chi connectivity index (χ4v) is 5.05. The average Bonchev–Trinajstić information content (AvgIpc) is 3.43. The third-order valence-electron chi connectivity index (χ3n) is 6.83. The number of hydrogen-bond acceptors (Lipinski definition) is 5. The number of fused-ring (bicyclic) bond motifs is 1. The molecule has 31 heavy (non-hydrogen) atoms. The van der Waals surface area contributed by atoms with Crippen LogP contribution in [0.4, 0.5) is 0 Å². The summed E-state index contributed by atoms with van der Waals surface area (Å²) in [6, 6.07) is 7.84. The van der Waals surface area contributed by atoms with Gasteiger partial charge in [0.15, 0.2) is 5.82 Å². The van der Waals surface area contributed by atoms with Crippen LogP contribution < -0.4 is 0 Å². The van der Waals surface area contributed by atoms with Crippen LogP contribution in [0.15, 0.2) is 35.0 Å². The lowest BCUT2D eigenvalue weighted by Crippen LogP contribution is -2.51. The van der Waals surface area contributed by atoms with Gasteiger partial charge in [0.2, 0.25) is 5.89 Å². The van der Waals surface area contributed by atoms with E-state index in [2.05, 4.69) is 29.0 Å². The Labute approximate surface area is 182 Å². The first kappa shape index (κ1) is 20.2. The van der Waals surface area contributed by atoms with Crippen molar-refractivity contribution in [2.24, 2.45) is 5.92 Å². The van der Waals surface area contributed by atoms with Gasteiger partial charge < -0.3 is 19.1 Å². The molecule has 1 N–H and O–H groups in total. The minimum absolute atomic E-state index is 0.112. The van der Waals surface area contributed by atoms with E-state index in [1.807, 2.05) is 35.4 Å². The number of likely N-dealkylation sites (tertiary alicyclic amines) is 1. The van der Waals surface area contributed by atoms with E-state index >= 15 is 0 Å². The number of nitrogens with zero attached hydrogens (tertiary/aromatic N) is 3. The van der Waals surface area contributed by atoms with Gasteiger partial charge >= 0.3 is 0 Å². The Hall–Kier alpha value is -2.67. The zero-order valence-corrected chi connectivity index (χ0v) is 18.3. The SMILES string of the molecule is CC(C)c1nc(CC2CCOC3(CCN(C(=O)c4cccc5[nH]ccc45)CC3)C2)no1. The number of aromatic nitrogens is 3. The molecule has 7 nitrogen and oxygen atoms in total. The lowest BCUT2D eigenvalue weighted by molar-refractivity contribution is -0.123. The van der Waals surface area contributed by atoms with Crippen molar-refractivity contribution in [3.05, 3.63) is 47.7 Å². The minimum atomic E-state index is -0.135. The molecule has 0 bridgehead atoms. The Kier molecular flexibility index (Phi) is 5.30. The number of carbonyl (C=O) groups excluding carboxylic acids is 1. The van der Waals surface area contributed by atoms with Gasteiger partial charge in [-0.3, -0.25) is 4.79 Å². The van der Waals surface area contributed by atoms with Crippen molar-refractivity contribution >= 4 is 16.8 Å². The molecule has 164 valence electrons. The zero-order chi connectivity index (χ0) is 21.4. The predicted octanol–water partition coefficient (Wildman–Crippen LogP) is 4.32. The summed E-state index contributed by atoms with van der Waals surface area (Å²) in [4.78, 5) is 22.9. The van der Waals surface area contributed by atoms with Crippen LogP contribution in [-0.4, -0.2) is 51.2 Å². The van der Waals surface area contributed by atoms with E-state index in [9.17, 15) is 4.79 Å². The Bertz CT molecular complexity index is 1060. The summed E-state index contributed by atoms with van der Waals surface area (Å²) in [5, 5.41) is 5.16. The van der Waals surface area contributed by atoms with Crippen LogP contribution in [-0.2, 0) is 11.2 Å². The number of hydrogen-bond donors (Lipinski definition) is 1. The topological polar surface area (TPSA) is 84.2 Å². The Morgan fingerprint density at radius 2 is 2.13 bits per heavy atom. The second-order valence-electron chi connectivity index (χ2n) is 9.33. The number of rotatable bonds is 4. The second-order valence-corrected chi connectivity index (χ2v) is 9.33. The first-order chi connectivity index (χ1) is 15.0. The highest BCUT2D eigenvalue weighted by Gasteiger charge is 2.41. The van der Waals surface area contributed by atoms with E-state index in [1.54, 1.807) is 0 Å². The summed E-state index contributed by atoms with van der Waals surface area (Å²) in [5.74, 6) is 2.36. The molecule has 2 aliphatic rings. The molecular weight excluding hydrogens is 392 g/mol. The van der Waals surface area contributed by atoms with E-state index in [1.165, 1.54) is 0 Å². The third kappa shape index (κ3) is 3.99. The van der Waals surface area contributed by atoms with Crippen LogP contribution in [0, 0.1) is 5.92 Å². The Morgan fingerprint density at radius 3 is 2.90 bits per heavy atom. The van der Waals surface area contributed by atoms with Gasteiger partial charge in [-0.15, -0.1) is 0 Å². The van der Waals surface area contributed by atoms with E-state index < -0.39 is 0 Å². The van der Waals surface area contributed by atoms with E-state index in [4.69, 9.17) is 9.26 Å². The molecule has 7 heteroatoms. The van der Waals surface area contributed by atoms with Crippen LogP contribution in [0.3, 0.4) is 0 Å². The summed E-state index contributed by atoms with van der Waals surface area (Å²) in [6.45, 7) is 6.34. The number of H-pyrrole nitrogens is 1. The largest absolute Gasteiger partial charge is 0.375 e. The first-order valence-corrected chi connectivity index (χ1v) is 11.3. The molecule has 2 fully saturated rings. The monoisotopic (exact) mass is 422 g/mol. The second kappa shape index (κ2) is 8.11. The summed E-state index contributed by atoms with van der Waals surface area (Å²) in [5.41, 5.74) is 1.64. The van der Waals surface area contributed by atoms with Crippen LogP contribution >= 0.6 is 0 Å². The molecule has 0 saturated carbocycles. The van der Waals surface area contributed by atoms with Gasteiger partial charge in [-0.05, 0) is 49.8 Å². The number of nitrogens with one attached hydrogen (secondary N) is 1. The number of aromatic amines is 1. The van der Waals surface area contributed by atoms with Gasteiger partial charge in [-0.2, -0.15) is 4.98 Å². The molecular formula is C24H30N4O3. The molecule has 2 aliphatic heterocycles. The van der Waals surface area contributed by atoms with Crippen molar-refractivity contribution in [2.75, 3.05) is 19.7 Å². The highest BCUT2D eigenvalue weighted by atomic mass is 16.5. The molecule has 2 saturated heterocycles. The maximum Gasteiger partial charge on any atom is 0.254 e. The number of carbonyl (C=O) groups is 1. The van der Waals surface area contributed by atoms with Crippen molar-refractivity contribution in [3.63, 3.8) is 0 Å². The van der Waals surface area contributed by atoms with Gasteiger partial charge in [0.05, 0.1) is 5.60 Å². The minimum Gasteiger partial charge on any atom is -0.375 e. The van der Waals surface area contributed by atoms with E-state index in [0.29, 0.717) is 11.8 Å². The maximum atomic E-state index is 13.2. The van der Waals surface area contributed by atoms with E-state index in [-0.39, 0.29) is 17.4 Å². The van der Waals surface area contributed by atoms with Crippen molar-refractivity contribution in [3.8, 4) is 0 Å². The van der Waals surface area contributed by atoms with Gasteiger partial charge in [0.1, 0.15) is 0 Å². The summed E-state index contributed by atoms with van der Waals surface area (Å²) < 4.78 is 11.7. The molecule has 1 unspecified atom stereocenters. The smallest absolute Gasteiger partial charge is 0.254 e. The van der Waals surface area contributed by atoms with Crippen molar-refractivity contribution in [2.45, 2.75) is 57.5 Å². The normalized spacial score (nSPS) is 21.3. The molecule has 3 aromatic rings. The zero-order valence-electron chi connectivity index (χ0n) is 18.3. The Morgan fingerprint density at radius 1 is 1.29 bits per heavy atom. The molecule has 1 spiro atoms. The molecule has 1 aromatic carbocycles. The summed E-state index contributed by atoms with van der Waals surface area (Å²) in [6.07, 6.45) is 6.49. The number of piperidine rings is 1. The van der Waals surface area contributed by atoms with Crippen LogP contribution in [0.5, 0.6) is 0 Å². The lowest BCUT2D eigenvalue weighted by atomic mass is 9.78. The predicted molar refractivity (Wildman–Crippen MR) is 117 cm³/mol. The highest BCUT2D eigenvalue weighted by molar-refractivity contribution is 6.06. The molecule has 4 heterocycles. The van der Waals surface area contributed by atoms with Gasteiger partial charge in [-0.1, -0.05) is 25.1 Å². The fourth-order valence-electron chi connectivity index (χ4n) is 5.05. The molecule has 0 aliphatic carbocycles. The van der Waals surface area contributed by atoms with Crippen LogP contribution in [0.2, 0.25) is 0 Å². The molecule has 2 aromatic heterocycles. The number of benzene rings is 1. The fraction of sp³-hybridized carbons (Fsp3) is 0.542. The van der Waals surface area contributed by atoms with Gasteiger partial charge in [0, 0.05) is 54.7 Å². The molecule has 1 atom stereocenters. The Balaban J connectivity index is 1.22. The quantitative estimate of drug-likeness (QED) is 0.677. The van der Waals surface area contributed by atoms with Crippen molar-refractivity contribution in [1.29, 1.82) is 0 Å². The van der Waals surface area contributed by atoms with Crippen molar-refractivity contribution in [1.82, 2.24) is 20.0 Å². The highest BCUT2D eigenvalue weighted by Crippen LogP contribution is 2.39. The summed E-state index contributed by atoms with van der Waals surface area (Å²) in [7, 11) is 0. The molecule has 5 rings (SSSR count). The van der Waals surface area contributed by atoms with Crippen LogP contribution in [0.25, 0.3) is 10.9 Å². The van der Waals surface area contributed by atoms with Gasteiger partial charge in [-0.25, -0.2) is 0 Å². The average molecular weight is 423 g/mol. The number of ether oxygens (including phenoxy) is 1. The maximum absolute atomic E-state index is 13.2. The third-order valence-corrected chi connectivity index (χ3v) is 6.83. The number of amides is 1.